The Kier molecular flexibility index (Phi) is 5.77. The molecule has 3 aromatic carbocycles. The number of halogens is 2. The van der Waals surface area contributed by atoms with Gasteiger partial charge in [-0.1, -0.05) is 54.6 Å². The van der Waals surface area contributed by atoms with E-state index in [0.717, 1.165) is 22.3 Å². The number of morpholine rings is 1. The Labute approximate surface area is 208 Å². The molecule has 1 amide bonds. The molecule has 0 saturated carbocycles. The van der Waals surface area contributed by atoms with Crippen LogP contribution in [-0.2, 0) is 15.9 Å². The Balaban J connectivity index is 1.18. The highest BCUT2D eigenvalue weighted by Gasteiger charge is 2.49. The van der Waals surface area contributed by atoms with Crippen molar-refractivity contribution < 1.29 is 28.2 Å². The minimum Gasteiger partial charge on any atom is -0.448 e. The van der Waals surface area contributed by atoms with Crippen molar-refractivity contribution in [3.63, 3.8) is 0 Å². The summed E-state index contributed by atoms with van der Waals surface area (Å²) in [6.45, 7) is 0.680. The number of benzene rings is 3. The van der Waals surface area contributed by atoms with Crippen LogP contribution >= 0.6 is 0 Å². The first kappa shape index (κ1) is 23.1. The fourth-order valence-electron chi connectivity index (χ4n) is 6.22. The van der Waals surface area contributed by atoms with Crippen molar-refractivity contribution in [3.8, 4) is 11.1 Å². The molecule has 6 rings (SSSR count). The highest BCUT2D eigenvalue weighted by atomic mass is 19.1. The van der Waals surface area contributed by atoms with Gasteiger partial charge in [0.2, 0.25) is 0 Å². The summed E-state index contributed by atoms with van der Waals surface area (Å²) < 4.78 is 40.1. The average Bonchev–Trinajstić information content (AvgIpc) is 3.18. The summed E-state index contributed by atoms with van der Waals surface area (Å²) in [7, 11) is 0. The first-order chi connectivity index (χ1) is 17.4. The molecule has 2 atom stereocenters. The van der Waals surface area contributed by atoms with Gasteiger partial charge in [0.1, 0.15) is 18.2 Å². The van der Waals surface area contributed by atoms with Gasteiger partial charge < -0.3 is 14.6 Å². The van der Waals surface area contributed by atoms with Gasteiger partial charge in [0.05, 0.1) is 30.9 Å². The number of hydrogen-bond acceptors (Lipinski definition) is 4. The Hall–Kier alpha value is -3.29. The molecule has 2 aliphatic heterocycles. The number of fused-ring (bicyclic) bond motifs is 5. The molecule has 2 saturated heterocycles. The van der Waals surface area contributed by atoms with Gasteiger partial charge in [-0.15, -0.1) is 0 Å². The van der Waals surface area contributed by atoms with Gasteiger partial charge in [0.15, 0.2) is 0 Å². The summed E-state index contributed by atoms with van der Waals surface area (Å²) in [5.41, 5.74) is 3.10. The Morgan fingerprint density at radius 1 is 0.917 bits per heavy atom. The molecular formula is C29H27F2NO4. The van der Waals surface area contributed by atoms with E-state index in [2.05, 4.69) is 24.3 Å². The zero-order chi connectivity index (χ0) is 24.9. The van der Waals surface area contributed by atoms with Gasteiger partial charge in [-0.05, 0) is 47.2 Å². The van der Waals surface area contributed by atoms with Crippen molar-refractivity contribution in [1.82, 2.24) is 4.90 Å². The van der Waals surface area contributed by atoms with Crippen LogP contribution in [0.15, 0.2) is 66.7 Å². The molecular weight excluding hydrogens is 464 g/mol. The van der Waals surface area contributed by atoms with Crippen LogP contribution in [0, 0.1) is 11.6 Å². The van der Waals surface area contributed by atoms with Crippen LogP contribution in [-0.4, -0.2) is 53.6 Å². The predicted molar refractivity (Wildman–Crippen MR) is 130 cm³/mol. The van der Waals surface area contributed by atoms with E-state index in [4.69, 9.17) is 9.47 Å². The number of carbonyl (C=O) groups is 1. The van der Waals surface area contributed by atoms with Crippen molar-refractivity contribution >= 4 is 6.09 Å². The molecule has 2 heterocycles. The third kappa shape index (κ3) is 3.96. The quantitative estimate of drug-likeness (QED) is 0.555. The molecule has 186 valence electrons. The summed E-state index contributed by atoms with van der Waals surface area (Å²) in [6.07, 6.45) is -0.297. The SMILES string of the molecule is O=C(OCC1c2ccccc2-c2ccccc21)N1C2COCC1CC(O)(Cc1c(F)cccc1F)C2. The molecule has 0 radical (unpaired) electrons. The van der Waals surface area contributed by atoms with Crippen LogP contribution in [0.3, 0.4) is 0 Å². The lowest BCUT2D eigenvalue weighted by Crippen LogP contribution is -2.64. The standard InChI is InChI=1S/C29H27F2NO4/c30-26-10-5-11-27(31)24(26)14-29(34)12-18-15-35-16-19(13-29)32(18)28(33)36-17-25-22-8-3-1-6-20(22)21-7-2-4-9-23(21)25/h1-11,18-19,25,34H,12-17H2. The number of carbonyl (C=O) groups excluding carboxylic acids is 1. The molecule has 3 aromatic rings. The number of nitrogens with zero attached hydrogens (tertiary/aromatic N) is 1. The summed E-state index contributed by atoms with van der Waals surface area (Å²) in [6, 6.07) is 19.1. The normalized spacial score (nSPS) is 24.8. The van der Waals surface area contributed by atoms with E-state index in [9.17, 15) is 18.7 Å². The first-order valence-corrected chi connectivity index (χ1v) is 12.3. The average molecular weight is 492 g/mol. The van der Waals surface area contributed by atoms with Gasteiger partial charge in [0, 0.05) is 17.9 Å². The molecule has 5 nitrogen and oxygen atoms in total. The number of ether oxygens (including phenoxy) is 2. The van der Waals surface area contributed by atoms with Gasteiger partial charge in [-0.25, -0.2) is 13.6 Å². The smallest absolute Gasteiger partial charge is 0.410 e. The van der Waals surface area contributed by atoms with Crippen LogP contribution in [0.2, 0.25) is 0 Å². The van der Waals surface area contributed by atoms with E-state index in [-0.39, 0.29) is 50.6 Å². The Morgan fingerprint density at radius 2 is 1.47 bits per heavy atom. The molecule has 3 aliphatic rings. The third-order valence-corrected chi connectivity index (χ3v) is 7.75. The molecule has 7 heteroatoms. The fraction of sp³-hybridized carbons (Fsp3) is 0.345. The van der Waals surface area contributed by atoms with Crippen molar-refractivity contribution in [2.45, 2.75) is 42.9 Å². The predicted octanol–water partition coefficient (Wildman–Crippen LogP) is 5.05. The summed E-state index contributed by atoms with van der Waals surface area (Å²) in [4.78, 5) is 15.0. The second kappa shape index (κ2) is 8.98. The maximum absolute atomic E-state index is 14.3. The van der Waals surface area contributed by atoms with Gasteiger partial charge in [0.25, 0.3) is 0 Å². The van der Waals surface area contributed by atoms with Gasteiger partial charge in [-0.3, -0.25) is 4.90 Å². The zero-order valence-corrected chi connectivity index (χ0v) is 19.7. The van der Waals surface area contributed by atoms with E-state index < -0.39 is 35.4 Å². The number of hydrogen-bond donors (Lipinski definition) is 1. The Morgan fingerprint density at radius 3 is 2.06 bits per heavy atom. The highest BCUT2D eigenvalue weighted by molar-refractivity contribution is 5.79. The molecule has 1 N–H and O–H groups in total. The fourth-order valence-corrected chi connectivity index (χ4v) is 6.22. The van der Waals surface area contributed by atoms with E-state index in [0.29, 0.717) is 0 Å². The molecule has 1 aliphatic carbocycles. The maximum atomic E-state index is 14.3. The molecule has 2 fully saturated rings. The number of rotatable bonds is 4. The topological polar surface area (TPSA) is 59.0 Å². The molecule has 36 heavy (non-hydrogen) atoms. The van der Waals surface area contributed by atoms with Gasteiger partial charge >= 0.3 is 6.09 Å². The maximum Gasteiger partial charge on any atom is 0.410 e. The second-order valence-corrected chi connectivity index (χ2v) is 10.1. The summed E-state index contributed by atoms with van der Waals surface area (Å²) in [5.74, 6) is -1.41. The molecule has 2 bridgehead atoms. The minimum atomic E-state index is -1.34. The first-order valence-electron chi connectivity index (χ1n) is 12.3. The van der Waals surface area contributed by atoms with E-state index in [1.54, 1.807) is 4.90 Å². The molecule has 0 spiro atoms. The molecule has 2 unspecified atom stereocenters. The van der Waals surface area contributed by atoms with Crippen molar-refractivity contribution in [2.75, 3.05) is 19.8 Å². The van der Waals surface area contributed by atoms with Crippen molar-refractivity contribution in [1.29, 1.82) is 0 Å². The van der Waals surface area contributed by atoms with Crippen molar-refractivity contribution in [3.05, 3.63) is 95.1 Å². The summed E-state index contributed by atoms with van der Waals surface area (Å²) in [5, 5.41) is 11.3. The zero-order valence-electron chi connectivity index (χ0n) is 19.7. The van der Waals surface area contributed by atoms with Crippen LogP contribution < -0.4 is 0 Å². The van der Waals surface area contributed by atoms with E-state index in [1.165, 1.54) is 18.2 Å². The van der Waals surface area contributed by atoms with E-state index in [1.807, 2.05) is 24.3 Å². The summed E-state index contributed by atoms with van der Waals surface area (Å²) >= 11 is 0. The van der Waals surface area contributed by atoms with Crippen molar-refractivity contribution in [2.24, 2.45) is 0 Å². The van der Waals surface area contributed by atoms with Gasteiger partial charge in [-0.2, -0.15) is 0 Å². The number of aliphatic hydroxyl groups is 1. The van der Waals surface area contributed by atoms with Crippen LogP contribution in [0.25, 0.3) is 11.1 Å². The minimum absolute atomic E-state index is 0.0526. The monoisotopic (exact) mass is 491 g/mol. The number of piperidine rings is 1. The lowest BCUT2D eigenvalue weighted by Gasteiger charge is -2.51. The van der Waals surface area contributed by atoms with Crippen LogP contribution in [0.4, 0.5) is 13.6 Å². The van der Waals surface area contributed by atoms with Crippen LogP contribution in [0.5, 0.6) is 0 Å². The largest absolute Gasteiger partial charge is 0.448 e. The lowest BCUT2D eigenvalue weighted by molar-refractivity contribution is -0.132. The third-order valence-electron chi connectivity index (χ3n) is 7.75. The van der Waals surface area contributed by atoms with Crippen LogP contribution in [0.1, 0.15) is 35.4 Å². The lowest BCUT2D eigenvalue weighted by atomic mass is 9.77. The highest BCUT2D eigenvalue weighted by Crippen LogP contribution is 2.45. The number of amides is 1. The second-order valence-electron chi connectivity index (χ2n) is 10.1. The van der Waals surface area contributed by atoms with E-state index >= 15 is 0 Å². The Bertz CT molecular complexity index is 1230. The molecule has 0 aromatic heterocycles.